The molecular weight excluding hydrogens is 386 g/mol. The number of benzene rings is 1. The summed E-state index contributed by atoms with van der Waals surface area (Å²) in [7, 11) is 0. The van der Waals surface area contributed by atoms with Gasteiger partial charge in [0, 0.05) is 50.3 Å². The molecule has 7 heteroatoms. The van der Waals surface area contributed by atoms with E-state index in [4.69, 9.17) is 4.98 Å². The molecule has 31 heavy (non-hydrogen) atoms. The average Bonchev–Trinajstić information content (AvgIpc) is 2.86. The summed E-state index contributed by atoms with van der Waals surface area (Å²) in [4.78, 5) is 20.2. The Labute approximate surface area is 181 Å². The molecule has 0 bridgehead atoms. The quantitative estimate of drug-likeness (QED) is 0.520. The summed E-state index contributed by atoms with van der Waals surface area (Å²) in [6.45, 7) is 3.85. The number of anilines is 3. The van der Waals surface area contributed by atoms with Crippen LogP contribution in [0.25, 0.3) is 22.4 Å². The van der Waals surface area contributed by atoms with Crippen LogP contribution in [0.1, 0.15) is 0 Å². The Kier molecular flexibility index (Phi) is 5.49. The molecule has 0 spiro atoms. The fourth-order valence-electron chi connectivity index (χ4n) is 3.68. The Morgan fingerprint density at radius 1 is 0.774 bits per heavy atom. The van der Waals surface area contributed by atoms with Crippen molar-refractivity contribution in [1.29, 1.82) is 0 Å². The third-order valence-electron chi connectivity index (χ3n) is 5.23. The van der Waals surface area contributed by atoms with Gasteiger partial charge in [0.1, 0.15) is 17.5 Å². The van der Waals surface area contributed by atoms with Gasteiger partial charge in [0.15, 0.2) is 0 Å². The van der Waals surface area contributed by atoms with Crippen LogP contribution in [0.15, 0.2) is 79.4 Å². The summed E-state index contributed by atoms with van der Waals surface area (Å²) in [5.74, 6) is 2.36. The lowest BCUT2D eigenvalue weighted by Gasteiger charge is -2.28. The van der Waals surface area contributed by atoms with Crippen molar-refractivity contribution in [2.24, 2.45) is 0 Å². The maximum absolute atomic E-state index is 4.87. The van der Waals surface area contributed by atoms with E-state index in [2.05, 4.69) is 54.8 Å². The molecule has 1 aromatic carbocycles. The molecule has 7 nitrogen and oxygen atoms in total. The molecule has 1 saturated heterocycles. The van der Waals surface area contributed by atoms with Crippen molar-refractivity contribution in [3.63, 3.8) is 0 Å². The lowest BCUT2D eigenvalue weighted by molar-refractivity contribution is 0.585. The van der Waals surface area contributed by atoms with Gasteiger partial charge in [0.2, 0.25) is 0 Å². The number of hydrogen-bond donors (Lipinski definition) is 2. The van der Waals surface area contributed by atoms with Gasteiger partial charge < -0.3 is 15.5 Å². The maximum Gasteiger partial charge on any atom is 0.150 e. The Bertz CT molecular complexity index is 1140. The molecular formula is C24H23N7. The van der Waals surface area contributed by atoms with Gasteiger partial charge in [-0.15, -0.1) is 0 Å². The average molecular weight is 409 g/mol. The summed E-state index contributed by atoms with van der Waals surface area (Å²) in [6, 6.07) is 18.6. The highest BCUT2D eigenvalue weighted by atomic mass is 15.2. The molecule has 154 valence electrons. The van der Waals surface area contributed by atoms with Crippen molar-refractivity contribution >= 4 is 17.5 Å². The van der Waals surface area contributed by atoms with Crippen LogP contribution in [-0.4, -0.2) is 46.1 Å². The van der Waals surface area contributed by atoms with E-state index >= 15 is 0 Å². The first-order chi connectivity index (χ1) is 15.3. The summed E-state index contributed by atoms with van der Waals surface area (Å²) >= 11 is 0. The molecule has 1 aliphatic rings. The van der Waals surface area contributed by atoms with E-state index in [1.165, 1.54) is 0 Å². The largest absolute Gasteiger partial charge is 0.354 e. The summed E-state index contributed by atoms with van der Waals surface area (Å²) in [5, 5.41) is 6.67. The van der Waals surface area contributed by atoms with E-state index in [0.717, 1.165) is 60.2 Å². The van der Waals surface area contributed by atoms with Crippen LogP contribution in [0.4, 0.5) is 17.5 Å². The number of pyridine rings is 2. The minimum atomic E-state index is 0.655. The van der Waals surface area contributed by atoms with E-state index < -0.39 is 0 Å². The molecule has 5 rings (SSSR count). The van der Waals surface area contributed by atoms with Crippen LogP contribution in [0.2, 0.25) is 0 Å². The molecule has 0 unspecified atom stereocenters. The number of rotatable bonds is 5. The maximum atomic E-state index is 4.87. The van der Waals surface area contributed by atoms with Gasteiger partial charge >= 0.3 is 0 Å². The van der Waals surface area contributed by atoms with Crippen LogP contribution in [0, 0.1) is 0 Å². The van der Waals surface area contributed by atoms with Crippen molar-refractivity contribution in [2.75, 3.05) is 36.4 Å². The van der Waals surface area contributed by atoms with Crippen molar-refractivity contribution in [2.45, 2.75) is 0 Å². The lowest BCUT2D eigenvalue weighted by atomic mass is 10.0. The monoisotopic (exact) mass is 409 g/mol. The van der Waals surface area contributed by atoms with E-state index in [1.807, 2.05) is 36.5 Å². The molecule has 1 fully saturated rings. The second-order valence-corrected chi connectivity index (χ2v) is 7.35. The second-order valence-electron chi connectivity index (χ2n) is 7.35. The number of hydrogen-bond acceptors (Lipinski definition) is 7. The first kappa shape index (κ1) is 19.1. The summed E-state index contributed by atoms with van der Waals surface area (Å²) in [5.41, 5.74) is 4.12. The molecule has 4 heterocycles. The van der Waals surface area contributed by atoms with Crippen LogP contribution in [-0.2, 0) is 0 Å². The van der Waals surface area contributed by atoms with Crippen molar-refractivity contribution < 1.29 is 0 Å². The SMILES string of the molecule is c1ccc(-c2cc(Nc3cnccn3)nc(-c3ccnc(N4CCNCC4)c3)c2)cc1. The predicted molar refractivity (Wildman–Crippen MR) is 123 cm³/mol. The molecule has 0 saturated carbocycles. The van der Waals surface area contributed by atoms with Crippen LogP contribution in [0.5, 0.6) is 0 Å². The zero-order valence-corrected chi connectivity index (χ0v) is 17.1. The zero-order valence-electron chi connectivity index (χ0n) is 17.1. The fraction of sp³-hybridized carbons (Fsp3) is 0.167. The molecule has 0 atom stereocenters. The summed E-state index contributed by atoms with van der Waals surface area (Å²) in [6.07, 6.45) is 6.86. The second kappa shape index (κ2) is 8.89. The van der Waals surface area contributed by atoms with Gasteiger partial charge in [0.05, 0.1) is 11.9 Å². The third kappa shape index (κ3) is 4.51. The van der Waals surface area contributed by atoms with Crippen molar-refractivity contribution in [1.82, 2.24) is 25.3 Å². The van der Waals surface area contributed by atoms with Crippen LogP contribution < -0.4 is 15.5 Å². The van der Waals surface area contributed by atoms with Gasteiger partial charge in [-0.2, -0.15) is 0 Å². The molecule has 0 radical (unpaired) electrons. The first-order valence-electron chi connectivity index (χ1n) is 10.4. The minimum absolute atomic E-state index is 0.655. The van der Waals surface area contributed by atoms with Crippen molar-refractivity contribution in [3.05, 3.63) is 79.4 Å². The number of nitrogens with one attached hydrogen (secondary N) is 2. The standard InChI is InChI=1S/C24H23N7/c1-2-4-18(5-3-1)20-14-21(29-22(15-20)30-23-17-26-8-9-27-23)19-6-7-28-24(16-19)31-12-10-25-11-13-31/h1-9,14-17,25H,10-13H2,(H,27,29,30). The Morgan fingerprint density at radius 3 is 2.45 bits per heavy atom. The van der Waals surface area contributed by atoms with Crippen LogP contribution >= 0.6 is 0 Å². The number of piperazine rings is 1. The van der Waals surface area contributed by atoms with E-state index in [0.29, 0.717) is 5.82 Å². The Balaban J connectivity index is 1.55. The van der Waals surface area contributed by atoms with Crippen LogP contribution in [0.3, 0.4) is 0 Å². The van der Waals surface area contributed by atoms with Gasteiger partial charge in [-0.1, -0.05) is 30.3 Å². The normalized spacial score (nSPS) is 13.7. The third-order valence-corrected chi connectivity index (χ3v) is 5.23. The minimum Gasteiger partial charge on any atom is -0.354 e. The zero-order chi connectivity index (χ0) is 20.9. The molecule has 3 aromatic heterocycles. The topological polar surface area (TPSA) is 78.9 Å². The molecule has 4 aromatic rings. The fourth-order valence-corrected chi connectivity index (χ4v) is 3.68. The summed E-state index contributed by atoms with van der Waals surface area (Å²) < 4.78 is 0. The van der Waals surface area contributed by atoms with E-state index in [9.17, 15) is 0 Å². The number of aromatic nitrogens is 4. The molecule has 2 N–H and O–H groups in total. The van der Waals surface area contributed by atoms with Gasteiger partial charge in [0.25, 0.3) is 0 Å². The van der Waals surface area contributed by atoms with Gasteiger partial charge in [-0.05, 0) is 35.4 Å². The highest BCUT2D eigenvalue weighted by Crippen LogP contribution is 2.30. The number of nitrogens with zero attached hydrogens (tertiary/aromatic N) is 5. The highest BCUT2D eigenvalue weighted by molar-refractivity contribution is 5.75. The smallest absolute Gasteiger partial charge is 0.150 e. The van der Waals surface area contributed by atoms with Gasteiger partial charge in [-0.25, -0.2) is 15.0 Å². The molecule has 1 aliphatic heterocycles. The van der Waals surface area contributed by atoms with Crippen molar-refractivity contribution in [3.8, 4) is 22.4 Å². The Hall–Kier alpha value is -3.84. The highest BCUT2D eigenvalue weighted by Gasteiger charge is 2.14. The van der Waals surface area contributed by atoms with Gasteiger partial charge in [-0.3, -0.25) is 4.98 Å². The molecule has 0 aliphatic carbocycles. The Morgan fingerprint density at radius 2 is 1.65 bits per heavy atom. The molecule has 0 amide bonds. The first-order valence-corrected chi connectivity index (χ1v) is 10.4. The predicted octanol–water partition coefficient (Wildman–Crippen LogP) is 3.75. The lowest BCUT2D eigenvalue weighted by Crippen LogP contribution is -2.43. The van der Waals surface area contributed by atoms with E-state index in [1.54, 1.807) is 18.6 Å². The van der Waals surface area contributed by atoms with E-state index in [-0.39, 0.29) is 0 Å².